The smallest absolute Gasteiger partial charge is 0.357 e. The van der Waals surface area contributed by atoms with Gasteiger partial charge in [0.2, 0.25) is 0 Å². The van der Waals surface area contributed by atoms with Gasteiger partial charge in [-0.15, -0.1) is 11.3 Å². The summed E-state index contributed by atoms with van der Waals surface area (Å²) in [6.07, 6.45) is 0.638. The average molecular weight is 292 g/mol. The summed E-state index contributed by atoms with van der Waals surface area (Å²) in [5.41, 5.74) is 6.69. The Morgan fingerprint density at radius 3 is 3.05 bits per heavy atom. The Labute approximate surface area is 121 Å². The summed E-state index contributed by atoms with van der Waals surface area (Å²) in [4.78, 5) is 15.7. The molecular formula is C14H16N2O3S. The van der Waals surface area contributed by atoms with E-state index in [4.69, 9.17) is 15.2 Å². The van der Waals surface area contributed by atoms with Crippen molar-refractivity contribution >= 4 is 23.0 Å². The van der Waals surface area contributed by atoms with Crippen LogP contribution in [0.4, 0.5) is 5.69 Å². The summed E-state index contributed by atoms with van der Waals surface area (Å²) in [6.45, 7) is 2.61. The summed E-state index contributed by atoms with van der Waals surface area (Å²) >= 11 is 1.43. The van der Waals surface area contributed by atoms with Gasteiger partial charge in [-0.1, -0.05) is 6.07 Å². The zero-order chi connectivity index (χ0) is 14.4. The second kappa shape index (κ2) is 6.91. The number of ether oxygens (including phenoxy) is 2. The molecule has 0 spiro atoms. The number of thiazole rings is 1. The van der Waals surface area contributed by atoms with Gasteiger partial charge in [0.15, 0.2) is 5.69 Å². The Bertz CT molecular complexity index is 583. The van der Waals surface area contributed by atoms with Crippen molar-refractivity contribution in [1.29, 1.82) is 0 Å². The fourth-order valence-corrected chi connectivity index (χ4v) is 2.33. The molecular weight excluding hydrogens is 276 g/mol. The molecule has 1 aromatic carbocycles. The molecule has 0 radical (unpaired) electrons. The quantitative estimate of drug-likeness (QED) is 0.654. The average Bonchev–Trinajstić information content (AvgIpc) is 2.88. The molecule has 2 rings (SSSR count). The van der Waals surface area contributed by atoms with Crippen LogP contribution in [0.3, 0.4) is 0 Å². The fourth-order valence-electron chi connectivity index (χ4n) is 1.59. The molecule has 2 aromatic rings. The maximum atomic E-state index is 11.5. The lowest BCUT2D eigenvalue weighted by Gasteiger charge is -2.05. The Hall–Kier alpha value is -2.08. The highest BCUT2D eigenvalue weighted by Gasteiger charge is 2.11. The van der Waals surface area contributed by atoms with Crippen LogP contribution in [0.1, 0.15) is 22.4 Å². The lowest BCUT2D eigenvalue weighted by Crippen LogP contribution is -2.06. The Morgan fingerprint density at radius 1 is 1.45 bits per heavy atom. The number of rotatable bonds is 6. The minimum atomic E-state index is -0.383. The van der Waals surface area contributed by atoms with E-state index in [1.54, 1.807) is 24.4 Å². The van der Waals surface area contributed by atoms with E-state index in [2.05, 4.69) is 4.98 Å². The molecule has 0 atom stereocenters. The van der Waals surface area contributed by atoms with Gasteiger partial charge in [-0.05, 0) is 19.1 Å². The van der Waals surface area contributed by atoms with E-state index in [1.807, 2.05) is 12.1 Å². The van der Waals surface area contributed by atoms with Crippen LogP contribution >= 0.6 is 11.3 Å². The molecule has 0 bridgehead atoms. The van der Waals surface area contributed by atoms with Gasteiger partial charge >= 0.3 is 5.97 Å². The largest absolute Gasteiger partial charge is 0.493 e. The fraction of sp³-hybridized carbons (Fsp3) is 0.286. The molecule has 0 saturated heterocycles. The second-order valence-electron chi connectivity index (χ2n) is 4.02. The molecule has 0 aliphatic heterocycles. The number of carbonyl (C=O) groups excluding carboxylic acids is 1. The maximum Gasteiger partial charge on any atom is 0.357 e. The van der Waals surface area contributed by atoms with Crippen molar-refractivity contribution in [3.05, 3.63) is 40.3 Å². The summed E-state index contributed by atoms with van der Waals surface area (Å²) in [7, 11) is 0. The normalized spacial score (nSPS) is 10.2. The number of nitrogens with two attached hydrogens (primary N) is 1. The molecule has 0 aliphatic carbocycles. The number of hydrogen-bond donors (Lipinski definition) is 1. The molecule has 20 heavy (non-hydrogen) atoms. The summed E-state index contributed by atoms with van der Waals surface area (Å²) in [5.74, 6) is 0.346. The highest BCUT2D eigenvalue weighted by atomic mass is 32.1. The lowest BCUT2D eigenvalue weighted by molar-refractivity contribution is 0.0520. The first-order valence-electron chi connectivity index (χ1n) is 6.29. The van der Waals surface area contributed by atoms with Crippen LogP contribution in [0.15, 0.2) is 29.6 Å². The number of benzene rings is 1. The van der Waals surface area contributed by atoms with E-state index in [0.717, 1.165) is 10.8 Å². The van der Waals surface area contributed by atoms with Gasteiger partial charge in [-0.3, -0.25) is 0 Å². The van der Waals surface area contributed by atoms with E-state index < -0.39 is 0 Å². The molecule has 6 heteroatoms. The molecule has 106 valence electrons. The molecule has 0 unspecified atom stereocenters. The molecule has 2 N–H and O–H groups in total. The van der Waals surface area contributed by atoms with Gasteiger partial charge in [0.1, 0.15) is 5.75 Å². The van der Waals surface area contributed by atoms with Crippen molar-refractivity contribution in [2.45, 2.75) is 13.3 Å². The predicted molar refractivity (Wildman–Crippen MR) is 78.1 cm³/mol. The van der Waals surface area contributed by atoms with Crippen LogP contribution in [-0.4, -0.2) is 24.2 Å². The summed E-state index contributed by atoms with van der Waals surface area (Å²) < 4.78 is 10.5. The molecule has 0 fully saturated rings. The number of aromatic nitrogens is 1. The van der Waals surface area contributed by atoms with Crippen molar-refractivity contribution < 1.29 is 14.3 Å². The van der Waals surface area contributed by atoms with Gasteiger partial charge in [-0.2, -0.15) is 0 Å². The Morgan fingerprint density at radius 2 is 2.30 bits per heavy atom. The van der Waals surface area contributed by atoms with Crippen LogP contribution in [0, 0.1) is 0 Å². The van der Waals surface area contributed by atoms with Crippen molar-refractivity contribution in [3.63, 3.8) is 0 Å². The number of anilines is 1. The van der Waals surface area contributed by atoms with Crippen molar-refractivity contribution in [2.24, 2.45) is 0 Å². The molecule has 1 heterocycles. The third-order valence-electron chi connectivity index (χ3n) is 2.48. The minimum Gasteiger partial charge on any atom is -0.493 e. The number of hydrogen-bond acceptors (Lipinski definition) is 6. The molecule has 0 amide bonds. The molecule has 1 aromatic heterocycles. The van der Waals surface area contributed by atoms with Crippen LogP contribution < -0.4 is 10.5 Å². The zero-order valence-electron chi connectivity index (χ0n) is 11.2. The maximum absolute atomic E-state index is 11.5. The first-order valence-corrected chi connectivity index (χ1v) is 7.17. The number of carbonyl (C=O) groups is 1. The topological polar surface area (TPSA) is 74.4 Å². The van der Waals surface area contributed by atoms with Crippen LogP contribution in [0.5, 0.6) is 5.75 Å². The monoisotopic (exact) mass is 292 g/mol. The van der Waals surface area contributed by atoms with Gasteiger partial charge in [0, 0.05) is 23.6 Å². The molecule has 0 saturated carbocycles. The van der Waals surface area contributed by atoms with E-state index >= 15 is 0 Å². The Kier molecular flexibility index (Phi) is 4.95. The highest BCUT2D eigenvalue weighted by Crippen LogP contribution is 2.16. The van der Waals surface area contributed by atoms with E-state index in [1.165, 1.54) is 11.3 Å². The van der Waals surface area contributed by atoms with Crippen LogP contribution in [-0.2, 0) is 11.2 Å². The van der Waals surface area contributed by atoms with Gasteiger partial charge in [0.05, 0.1) is 18.2 Å². The van der Waals surface area contributed by atoms with Crippen molar-refractivity contribution in [2.75, 3.05) is 18.9 Å². The van der Waals surface area contributed by atoms with Crippen LogP contribution in [0.25, 0.3) is 0 Å². The van der Waals surface area contributed by atoms with Crippen molar-refractivity contribution in [1.82, 2.24) is 4.98 Å². The third-order valence-corrected chi connectivity index (χ3v) is 3.39. The van der Waals surface area contributed by atoms with E-state index in [0.29, 0.717) is 31.0 Å². The number of esters is 1. The number of nitrogens with zero attached hydrogens (tertiary/aromatic N) is 1. The second-order valence-corrected chi connectivity index (χ2v) is 4.96. The lowest BCUT2D eigenvalue weighted by atomic mass is 10.3. The SMILES string of the molecule is CCOC(=O)c1csc(CCOc2cccc(N)c2)n1. The van der Waals surface area contributed by atoms with Gasteiger partial charge in [0.25, 0.3) is 0 Å². The summed E-state index contributed by atoms with van der Waals surface area (Å²) in [5, 5.41) is 2.55. The molecule has 5 nitrogen and oxygen atoms in total. The first-order chi connectivity index (χ1) is 9.69. The predicted octanol–water partition coefficient (Wildman–Crippen LogP) is 2.52. The summed E-state index contributed by atoms with van der Waals surface area (Å²) in [6, 6.07) is 7.26. The standard InChI is InChI=1S/C14H16N2O3S/c1-2-18-14(17)12-9-20-13(16-12)6-7-19-11-5-3-4-10(15)8-11/h3-5,8-9H,2,6-7,15H2,1H3. The van der Waals surface area contributed by atoms with Gasteiger partial charge < -0.3 is 15.2 Å². The zero-order valence-corrected chi connectivity index (χ0v) is 12.0. The van der Waals surface area contributed by atoms with Gasteiger partial charge in [-0.25, -0.2) is 9.78 Å². The molecule has 0 aliphatic rings. The van der Waals surface area contributed by atoms with E-state index in [9.17, 15) is 4.79 Å². The van der Waals surface area contributed by atoms with E-state index in [-0.39, 0.29) is 5.97 Å². The third kappa shape index (κ3) is 3.96. The minimum absolute atomic E-state index is 0.351. The number of nitrogen functional groups attached to an aromatic ring is 1. The van der Waals surface area contributed by atoms with Crippen LogP contribution in [0.2, 0.25) is 0 Å². The van der Waals surface area contributed by atoms with Crippen molar-refractivity contribution in [3.8, 4) is 5.75 Å². The Balaban J connectivity index is 1.84. The first kappa shape index (κ1) is 14.3. The highest BCUT2D eigenvalue weighted by molar-refractivity contribution is 7.09.